The number of hydrogen-bond acceptors (Lipinski definition) is 8. The second-order valence-electron chi connectivity index (χ2n) is 6.15. The first kappa shape index (κ1) is 22.9. The van der Waals surface area contributed by atoms with Gasteiger partial charge in [0, 0.05) is 30.7 Å². The lowest BCUT2D eigenvalue weighted by atomic mass is 10.1. The lowest BCUT2D eigenvalue weighted by molar-refractivity contribution is -0.118. The summed E-state index contributed by atoms with van der Waals surface area (Å²) in [6.45, 7) is 3.69. The third-order valence-electron chi connectivity index (χ3n) is 4.12. The molecule has 0 radical (unpaired) electrons. The number of benzene rings is 1. The summed E-state index contributed by atoms with van der Waals surface area (Å²) in [4.78, 5) is 26.7. The molecule has 0 aliphatic carbocycles. The predicted molar refractivity (Wildman–Crippen MR) is 111 cm³/mol. The smallest absolute Gasteiger partial charge is 0.294 e. The summed E-state index contributed by atoms with van der Waals surface area (Å²) >= 11 is 4.45. The van der Waals surface area contributed by atoms with Crippen LogP contribution in [0.5, 0.6) is 0 Å². The minimum Gasteiger partial charge on any atom is -0.378 e. The lowest BCUT2D eigenvalue weighted by Gasteiger charge is -2.31. The Morgan fingerprint density at radius 3 is 2.28 bits per heavy atom. The molecule has 1 aliphatic rings. The van der Waals surface area contributed by atoms with Gasteiger partial charge in [-0.3, -0.25) is 14.1 Å². The molecule has 1 aromatic rings. The van der Waals surface area contributed by atoms with E-state index in [0.717, 1.165) is 12.1 Å². The summed E-state index contributed by atoms with van der Waals surface area (Å²) in [5.41, 5.74) is 0.149. The minimum absolute atomic E-state index is 0.116. The quantitative estimate of drug-likeness (QED) is 0.124. The largest absolute Gasteiger partial charge is 0.378 e. The Morgan fingerprint density at radius 2 is 1.79 bits per heavy atom. The Hall–Kier alpha value is -2.34. The van der Waals surface area contributed by atoms with Gasteiger partial charge >= 0.3 is 0 Å². The van der Waals surface area contributed by atoms with Gasteiger partial charge in [0.05, 0.1) is 23.7 Å². The molecule has 0 bridgehead atoms. The number of anilines is 1. The highest BCUT2D eigenvalue weighted by atomic mass is 32.2. The summed E-state index contributed by atoms with van der Waals surface area (Å²) in [6, 6.07) is 4.90. The molecule has 2 rings (SSSR count). The molecule has 1 aliphatic heterocycles. The number of amides is 1. The number of nitrogens with one attached hydrogen (secondary N) is 2. The van der Waals surface area contributed by atoms with Crippen molar-refractivity contribution in [1.29, 1.82) is 0 Å². The minimum atomic E-state index is -4.33. The van der Waals surface area contributed by atoms with Crippen LogP contribution in [0, 0.1) is 0 Å². The van der Waals surface area contributed by atoms with E-state index in [1.54, 1.807) is 7.05 Å². The number of carbonyl (C=O) groups excluding carboxylic acids is 2. The zero-order chi connectivity index (χ0) is 21.6. The van der Waals surface area contributed by atoms with Crippen LogP contribution in [0.3, 0.4) is 0 Å². The van der Waals surface area contributed by atoms with Gasteiger partial charge in [0.25, 0.3) is 16.0 Å². The van der Waals surface area contributed by atoms with E-state index in [1.165, 1.54) is 25.1 Å². The summed E-state index contributed by atoms with van der Waals surface area (Å²) in [5.74, 6) is -0.456. The van der Waals surface area contributed by atoms with Gasteiger partial charge in [-0.05, 0) is 37.3 Å². The number of carbonyl (C=O) groups is 2. The van der Waals surface area contributed by atoms with E-state index < -0.39 is 21.8 Å². The molecule has 1 aromatic carbocycles. The van der Waals surface area contributed by atoms with E-state index in [1.807, 2.05) is 4.90 Å². The highest BCUT2D eigenvalue weighted by Crippen LogP contribution is 2.19. The fraction of sp³-hybridized carbons (Fsp3) is 0.333. The molecule has 1 amide bonds. The van der Waals surface area contributed by atoms with Crippen LogP contribution in [0.1, 0.15) is 6.92 Å². The molecule has 1 fully saturated rings. The average molecular weight is 442 g/mol. The monoisotopic (exact) mass is 441 g/mol. The van der Waals surface area contributed by atoms with Crippen LogP contribution in [0.4, 0.5) is 5.69 Å². The maximum Gasteiger partial charge on any atom is 0.294 e. The molecule has 0 spiro atoms. The zero-order valence-electron chi connectivity index (χ0n) is 16.0. The van der Waals surface area contributed by atoms with E-state index in [4.69, 9.17) is 9.29 Å². The van der Waals surface area contributed by atoms with Crippen LogP contribution >= 0.6 is 12.6 Å². The van der Waals surface area contributed by atoms with E-state index >= 15 is 0 Å². The Kier molecular flexibility index (Phi) is 7.85. The van der Waals surface area contributed by atoms with E-state index in [2.05, 4.69) is 23.3 Å². The summed E-state index contributed by atoms with van der Waals surface area (Å²) in [6.07, 6.45) is 1.38. The number of allylic oxidation sites excluding steroid dienone is 1. The summed E-state index contributed by atoms with van der Waals surface area (Å²) in [5, 5.41) is 5.56. The molecule has 1 saturated heterocycles. The molecule has 0 aromatic heterocycles. The Bertz CT molecular complexity index is 933. The van der Waals surface area contributed by atoms with Gasteiger partial charge < -0.3 is 20.3 Å². The van der Waals surface area contributed by atoms with Crippen LogP contribution < -0.4 is 10.6 Å². The second kappa shape index (κ2) is 9.92. The lowest BCUT2D eigenvalue weighted by Crippen LogP contribution is -2.39. The molecule has 158 valence electrons. The zero-order valence-corrected chi connectivity index (χ0v) is 17.7. The Morgan fingerprint density at radius 1 is 1.21 bits per heavy atom. The molecular formula is C18H23N3O6S2. The van der Waals surface area contributed by atoms with Crippen LogP contribution in [-0.4, -0.2) is 62.9 Å². The van der Waals surface area contributed by atoms with Gasteiger partial charge in [0.15, 0.2) is 5.78 Å². The average Bonchev–Trinajstić information content (AvgIpc) is 2.67. The maximum atomic E-state index is 12.6. The number of rotatable bonds is 7. The van der Waals surface area contributed by atoms with Crippen molar-refractivity contribution in [3.63, 3.8) is 0 Å². The van der Waals surface area contributed by atoms with Crippen molar-refractivity contribution in [2.24, 2.45) is 0 Å². The van der Waals surface area contributed by atoms with Crippen molar-refractivity contribution in [3.05, 3.63) is 46.6 Å². The van der Waals surface area contributed by atoms with Crippen molar-refractivity contribution < 1.29 is 27.3 Å². The highest BCUT2D eigenvalue weighted by molar-refractivity contribution is 7.85. The summed E-state index contributed by atoms with van der Waals surface area (Å²) < 4.78 is 36.5. The normalized spacial score (nSPS) is 16.1. The third-order valence-corrected chi connectivity index (χ3v) is 5.33. The molecule has 11 heteroatoms. The van der Waals surface area contributed by atoms with Gasteiger partial charge in [-0.25, -0.2) is 0 Å². The van der Waals surface area contributed by atoms with Gasteiger partial charge in [0.2, 0.25) is 0 Å². The van der Waals surface area contributed by atoms with Crippen LogP contribution in [0.2, 0.25) is 0 Å². The van der Waals surface area contributed by atoms with E-state index in [0.29, 0.717) is 37.0 Å². The molecule has 0 atom stereocenters. The number of ketones is 1. The van der Waals surface area contributed by atoms with Gasteiger partial charge in [-0.2, -0.15) is 8.42 Å². The highest BCUT2D eigenvalue weighted by Gasteiger charge is 2.19. The molecule has 3 N–H and O–H groups in total. The molecule has 0 saturated carbocycles. The Labute approximate surface area is 175 Å². The van der Waals surface area contributed by atoms with Gasteiger partial charge in [-0.1, -0.05) is 0 Å². The van der Waals surface area contributed by atoms with Crippen molar-refractivity contribution >= 4 is 40.1 Å². The molecule has 9 nitrogen and oxygen atoms in total. The third kappa shape index (κ3) is 6.32. The fourth-order valence-corrected chi connectivity index (χ4v) is 3.54. The van der Waals surface area contributed by atoms with Gasteiger partial charge in [-0.15, -0.1) is 12.6 Å². The van der Waals surface area contributed by atoms with Gasteiger partial charge in [0.1, 0.15) is 5.82 Å². The SMILES string of the molecule is CN/C(=C(S)/C=C(/C(C)=O)C(=O)Nc1ccc(S(=O)(=O)O)cc1)N1CCOCC1. The van der Waals surface area contributed by atoms with E-state index in [-0.39, 0.29) is 16.2 Å². The van der Waals surface area contributed by atoms with Crippen LogP contribution in [0.15, 0.2) is 51.5 Å². The first-order valence-corrected chi connectivity index (χ1v) is 10.6. The van der Waals surface area contributed by atoms with Crippen LogP contribution in [0.25, 0.3) is 0 Å². The number of Topliss-reactive ketones (excluding diaryl/α,β-unsaturated/α-hetero) is 1. The number of nitrogens with zero attached hydrogens (tertiary/aromatic N) is 1. The Balaban J connectivity index is 2.26. The molecular weight excluding hydrogens is 418 g/mol. The number of hydrogen-bond donors (Lipinski definition) is 4. The fourth-order valence-electron chi connectivity index (χ4n) is 2.68. The van der Waals surface area contributed by atoms with Crippen molar-refractivity contribution in [1.82, 2.24) is 10.2 Å². The summed E-state index contributed by atoms with van der Waals surface area (Å²) in [7, 11) is -2.61. The number of morpholine rings is 1. The molecule has 29 heavy (non-hydrogen) atoms. The molecule has 0 unspecified atom stereocenters. The maximum absolute atomic E-state index is 12.6. The molecule has 1 heterocycles. The standard InChI is InChI=1S/C18H23N3O6S2/c1-12(22)15(11-16(28)17(19-2)21-7-9-27-10-8-21)18(23)20-13-3-5-14(6-4-13)29(24,25)26/h3-6,11,19,28H,7-10H2,1-2H3,(H,20,23)(H,24,25,26)/b15-11-,17-16+. The van der Waals surface area contributed by atoms with Crippen molar-refractivity contribution in [2.75, 3.05) is 38.7 Å². The topological polar surface area (TPSA) is 125 Å². The van der Waals surface area contributed by atoms with E-state index in [9.17, 15) is 18.0 Å². The second-order valence-corrected chi connectivity index (χ2v) is 8.05. The first-order chi connectivity index (χ1) is 13.6. The number of ether oxygens (including phenoxy) is 1. The van der Waals surface area contributed by atoms with Crippen molar-refractivity contribution in [2.45, 2.75) is 11.8 Å². The van der Waals surface area contributed by atoms with Crippen molar-refractivity contribution in [3.8, 4) is 0 Å². The number of thiol groups is 1. The first-order valence-electron chi connectivity index (χ1n) is 8.68. The predicted octanol–water partition coefficient (Wildman–Crippen LogP) is 1.04. The van der Waals surface area contributed by atoms with Crippen LogP contribution in [-0.2, 0) is 24.4 Å².